The van der Waals surface area contributed by atoms with Crippen LogP contribution in [0, 0.1) is 11.6 Å². The largest absolute Gasteiger partial charge is 0.371 e. The molecule has 7 heteroatoms. The van der Waals surface area contributed by atoms with E-state index in [-0.39, 0.29) is 12.1 Å². The fraction of sp³-hybridized carbons (Fsp3) is 0.556. The fourth-order valence-corrected chi connectivity index (χ4v) is 3.76. The molecule has 2 amide bonds. The molecule has 1 saturated heterocycles. The summed E-state index contributed by atoms with van der Waals surface area (Å²) in [6.45, 7) is 1.09. The maximum Gasteiger partial charge on any atom is 0.341 e. The highest BCUT2D eigenvalue weighted by Crippen LogP contribution is 2.32. The Labute approximate surface area is 145 Å². The molecular formula is C18H21F2N3O2. The minimum Gasteiger partial charge on any atom is -0.371 e. The van der Waals surface area contributed by atoms with Gasteiger partial charge >= 0.3 is 6.03 Å². The van der Waals surface area contributed by atoms with Gasteiger partial charge in [-0.25, -0.2) is 18.6 Å². The van der Waals surface area contributed by atoms with E-state index in [9.17, 15) is 13.6 Å². The molecule has 1 atom stereocenters. The monoisotopic (exact) mass is 349 g/mol. The highest BCUT2D eigenvalue weighted by Gasteiger charge is 2.39. The Bertz CT molecular complexity index is 665. The van der Waals surface area contributed by atoms with Crippen LogP contribution >= 0.6 is 0 Å². The third-order valence-electron chi connectivity index (χ3n) is 5.10. The lowest BCUT2D eigenvalue weighted by Crippen LogP contribution is -2.58. The van der Waals surface area contributed by atoms with Crippen molar-refractivity contribution < 1.29 is 18.3 Å². The Balaban J connectivity index is 1.37. The maximum absolute atomic E-state index is 13.5. The molecule has 3 aliphatic rings. The van der Waals surface area contributed by atoms with Crippen molar-refractivity contribution in [3.8, 4) is 0 Å². The van der Waals surface area contributed by atoms with E-state index in [4.69, 9.17) is 4.74 Å². The number of carbonyl (C=O) groups is 1. The number of amides is 2. The molecule has 0 spiro atoms. The van der Waals surface area contributed by atoms with Crippen LogP contribution < -0.4 is 0 Å². The van der Waals surface area contributed by atoms with Gasteiger partial charge in [0.25, 0.3) is 0 Å². The number of hydrogen-bond donors (Lipinski definition) is 0. The van der Waals surface area contributed by atoms with Gasteiger partial charge in [-0.05, 0) is 30.5 Å². The summed E-state index contributed by atoms with van der Waals surface area (Å²) >= 11 is 0. The highest BCUT2D eigenvalue weighted by atomic mass is 19.1. The Morgan fingerprint density at radius 2 is 1.76 bits per heavy atom. The fourth-order valence-electron chi connectivity index (χ4n) is 3.76. The number of hydrazone groups is 1. The van der Waals surface area contributed by atoms with Crippen molar-refractivity contribution in [1.29, 1.82) is 0 Å². The zero-order valence-corrected chi connectivity index (χ0v) is 13.9. The summed E-state index contributed by atoms with van der Waals surface area (Å²) in [4.78, 5) is 14.3. The van der Waals surface area contributed by atoms with E-state index in [2.05, 4.69) is 5.10 Å². The van der Waals surface area contributed by atoms with Gasteiger partial charge in [0.05, 0.1) is 31.3 Å². The van der Waals surface area contributed by atoms with Crippen molar-refractivity contribution in [2.45, 2.75) is 50.4 Å². The van der Waals surface area contributed by atoms with Gasteiger partial charge < -0.3 is 9.64 Å². The zero-order chi connectivity index (χ0) is 17.4. The molecule has 0 bridgehead atoms. The first-order valence-electron chi connectivity index (χ1n) is 8.82. The van der Waals surface area contributed by atoms with E-state index in [1.807, 2.05) is 0 Å². The molecule has 1 saturated carbocycles. The van der Waals surface area contributed by atoms with E-state index < -0.39 is 17.7 Å². The lowest BCUT2D eigenvalue weighted by atomic mass is 10.0. The van der Waals surface area contributed by atoms with E-state index in [1.54, 1.807) is 11.1 Å². The van der Waals surface area contributed by atoms with Crippen molar-refractivity contribution >= 4 is 12.2 Å². The number of hydrogen-bond acceptors (Lipinski definition) is 3. The van der Waals surface area contributed by atoms with E-state index in [1.165, 1.54) is 30.0 Å². The average Bonchev–Trinajstić information content (AvgIpc) is 3.20. The Morgan fingerprint density at radius 3 is 2.44 bits per heavy atom. The molecule has 0 N–H and O–H groups in total. The number of rotatable bonds is 3. The number of carbonyl (C=O) groups excluding carboxylic acids is 1. The minimum absolute atomic E-state index is 0.0868. The Hall–Kier alpha value is -2.02. The quantitative estimate of drug-likeness (QED) is 0.839. The summed E-state index contributed by atoms with van der Waals surface area (Å²) in [6, 6.07) is 2.63. The summed E-state index contributed by atoms with van der Waals surface area (Å²) in [7, 11) is 0. The molecule has 0 radical (unpaired) electrons. The third-order valence-corrected chi connectivity index (χ3v) is 5.10. The van der Waals surface area contributed by atoms with Crippen LogP contribution in [-0.2, 0) is 4.74 Å². The normalized spacial score (nSPS) is 24.2. The highest BCUT2D eigenvalue weighted by molar-refractivity contribution is 5.79. The number of halogens is 2. The lowest BCUT2D eigenvalue weighted by molar-refractivity contribution is -0.0785. The van der Waals surface area contributed by atoms with Crippen LogP contribution in [-0.4, -0.2) is 47.5 Å². The van der Waals surface area contributed by atoms with Crippen LogP contribution in [0.25, 0.3) is 0 Å². The van der Waals surface area contributed by atoms with Crippen LogP contribution in [0.3, 0.4) is 0 Å². The summed E-state index contributed by atoms with van der Waals surface area (Å²) in [5, 5.41) is 5.43. The van der Waals surface area contributed by atoms with Crippen molar-refractivity contribution in [2.24, 2.45) is 5.10 Å². The van der Waals surface area contributed by atoms with Gasteiger partial charge in [-0.15, -0.1) is 0 Å². The molecule has 1 aromatic rings. The molecule has 1 unspecified atom stereocenters. The Kier molecular flexibility index (Phi) is 4.41. The number of ether oxygens (including phenoxy) is 1. The summed E-state index contributed by atoms with van der Waals surface area (Å²) in [5.41, 5.74) is 0.419. The molecule has 0 aromatic heterocycles. The van der Waals surface area contributed by atoms with Gasteiger partial charge in [-0.2, -0.15) is 5.10 Å². The summed E-state index contributed by atoms with van der Waals surface area (Å²) < 4.78 is 32.9. The molecular weight excluding hydrogens is 328 g/mol. The zero-order valence-electron chi connectivity index (χ0n) is 13.9. The van der Waals surface area contributed by atoms with Gasteiger partial charge in [0, 0.05) is 18.7 Å². The predicted octanol–water partition coefficient (Wildman–Crippen LogP) is 3.46. The minimum atomic E-state index is -0.650. The lowest BCUT2D eigenvalue weighted by Gasteiger charge is -2.42. The summed E-state index contributed by atoms with van der Waals surface area (Å²) in [6.07, 6.45) is 7.12. The van der Waals surface area contributed by atoms with Gasteiger partial charge in [0.2, 0.25) is 0 Å². The maximum atomic E-state index is 13.5. The van der Waals surface area contributed by atoms with Crippen molar-refractivity contribution in [2.75, 3.05) is 13.1 Å². The number of benzene rings is 1. The SMILES string of the molecule is O=C(N1CC(OC2CCCC2)C1)N1N=CCC1c1cc(F)cc(F)c1. The van der Waals surface area contributed by atoms with Gasteiger partial charge in [0.1, 0.15) is 11.6 Å². The van der Waals surface area contributed by atoms with Crippen molar-refractivity contribution in [3.63, 3.8) is 0 Å². The third kappa shape index (κ3) is 3.38. The first-order valence-corrected chi connectivity index (χ1v) is 8.82. The molecule has 2 heterocycles. The van der Waals surface area contributed by atoms with Gasteiger partial charge in [0.15, 0.2) is 0 Å². The molecule has 25 heavy (non-hydrogen) atoms. The molecule has 4 rings (SSSR count). The van der Waals surface area contributed by atoms with E-state index in [0.29, 0.717) is 31.2 Å². The number of nitrogens with zero attached hydrogens (tertiary/aromatic N) is 3. The van der Waals surface area contributed by atoms with Crippen molar-refractivity contribution in [1.82, 2.24) is 9.91 Å². The van der Waals surface area contributed by atoms with Crippen LogP contribution in [0.15, 0.2) is 23.3 Å². The summed E-state index contributed by atoms with van der Waals surface area (Å²) in [5.74, 6) is -1.30. The van der Waals surface area contributed by atoms with Crippen LogP contribution in [0.4, 0.5) is 13.6 Å². The van der Waals surface area contributed by atoms with Crippen molar-refractivity contribution in [3.05, 3.63) is 35.4 Å². The second-order valence-electron chi connectivity index (χ2n) is 6.95. The van der Waals surface area contributed by atoms with Gasteiger partial charge in [-0.3, -0.25) is 0 Å². The number of urea groups is 1. The molecule has 2 fully saturated rings. The second kappa shape index (κ2) is 6.71. The van der Waals surface area contributed by atoms with Crippen LogP contribution in [0.1, 0.15) is 43.7 Å². The predicted molar refractivity (Wildman–Crippen MR) is 88.1 cm³/mol. The topological polar surface area (TPSA) is 45.1 Å². The molecule has 1 aromatic carbocycles. The van der Waals surface area contributed by atoms with E-state index in [0.717, 1.165) is 18.9 Å². The van der Waals surface area contributed by atoms with Crippen LogP contribution in [0.5, 0.6) is 0 Å². The molecule has 134 valence electrons. The van der Waals surface area contributed by atoms with Crippen LogP contribution in [0.2, 0.25) is 0 Å². The first-order chi connectivity index (χ1) is 12.1. The molecule has 5 nitrogen and oxygen atoms in total. The average molecular weight is 349 g/mol. The van der Waals surface area contributed by atoms with E-state index >= 15 is 0 Å². The smallest absolute Gasteiger partial charge is 0.341 e. The second-order valence-corrected chi connectivity index (χ2v) is 6.95. The first kappa shape index (κ1) is 16.4. The molecule has 2 aliphatic heterocycles. The van der Waals surface area contributed by atoms with Gasteiger partial charge in [-0.1, -0.05) is 12.8 Å². The standard InChI is InChI=1S/C18H21F2N3O2/c19-13-7-12(8-14(20)9-13)17-5-6-21-23(17)18(24)22-10-16(11-22)25-15-3-1-2-4-15/h6-9,15-17H,1-5,10-11H2. The molecule has 1 aliphatic carbocycles. The Morgan fingerprint density at radius 1 is 1.08 bits per heavy atom. The number of likely N-dealkylation sites (tertiary alicyclic amines) is 1.